The zero-order chi connectivity index (χ0) is 26.9. The third-order valence-electron chi connectivity index (χ3n) is 6.60. The van der Waals surface area contributed by atoms with Gasteiger partial charge in [-0.3, -0.25) is 9.59 Å². The maximum Gasteiger partial charge on any atom is 0.313 e. The number of rotatable bonds is 8. The van der Waals surface area contributed by atoms with Crippen LogP contribution >= 0.6 is 0 Å². The molecular weight excluding hydrogens is 505 g/mol. The number of nitrogens with zero attached hydrogens (tertiary/aromatic N) is 3. The van der Waals surface area contributed by atoms with Gasteiger partial charge in [0.15, 0.2) is 11.5 Å². The number of methoxy groups -OCH3 is 1. The van der Waals surface area contributed by atoms with Crippen molar-refractivity contribution in [3.63, 3.8) is 0 Å². The Balaban J connectivity index is 1.72. The van der Waals surface area contributed by atoms with Gasteiger partial charge in [0.05, 0.1) is 24.6 Å². The molecule has 0 saturated heterocycles. The lowest BCUT2D eigenvalue weighted by atomic mass is 9.81. The second-order valence-corrected chi connectivity index (χ2v) is 9.03. The lowest BCUT2D eigenvalue weighted by Crippen LogP contribution is -2.38. The van der Waals surface area contributed by atoms with Gasteiger partial charge in [0.1, 0.15) is 17.0 Å². The van der Waals surface area contributed by atoms with Gasteiger partial charge in [0.2, 0.25) is 12.3 Å². The number of ether oxygens (including phenoxy) is 1. The standard InChI is InChI=1S/C23H24F5N5O4/c1-10-17(33-37-32-10)21(34)31-18(11-5-7-23(27,28)8-6-11)20-29-14-4-3-12(16(26)19(14)30-20)13(9-15(24)25)22(35)36-2/h3-4,11,13,15,18H,5-9H2,1-2H3,(H,29,30)(H,31,34). The monoisotopic (exact) mass is 529 g/mol. The molecule has 1 saturated carbocycles. The fourth-order valence-corrected chi connectivity index (χ4v) is 4.62. The normalized spacial score (nSPS) is 17.6. The van der Waals surface area contributed by atoms with Gasteiger partial charge in [-0.05, 0) is 36.9 Å². The molecular formula is C23H24F5N5O4. The van der Waals surface area contributed by atoms with E-state index in [1.165, 1.54) is 19.1 Å². The van der Waals surface area contributed by atoms with E-state index in [1.807, 2.05) is 0 Å². The van der Waals surface area contributed by atoms with Crippen molar-refractivity contribution in [2.75, 3.05) is 7.11 Å². The van der Waals surface area contributed by atoms with E-state index in [0.29, 0.717) is 0 Å². The van der Waals surface area contributed by atoms with Crippen molar-refractivity contribution < 1.29 is 40.9 Å². The number of halogens is 5. The number of alkyl halides is 4. The number of hydrogen-bond acceptors (Lipinski definition) is 7. The quantitative estimate of drug-likeness (QED) is 0.323. The lowest BCUT2D eigenvalue weighted by molar-refractivity contribution is -0.143. The molecule has 2 N–H and O–H groups in total. The Morgan fingerprint density at radius 2 is 1.95 bits per heavy atom. The highest BCUT2D eigenvalue weighted by atomic mass is 19.3. The fourth-order valence-electron chi connectivity index (χ4n) is 4.62. The maximum absolute atomic E-state index is 15.5. The molecule has 0 radical (unpaired) electrons. The van der Waals surface area contributed by atoms with E-state index in [9.17, 15) is 27.2 Å². The minimum Gasteiger partial charge on any atom is -0.469 e. The maximum atomic E-state index is 15.5. The molecule has 0 spiro atoms. The van der Waals surface area contributed by atoms with Crippen molar-refractivity contribution in [1.29, 1.82) is 0 Å². The molecule has 1 amide bonds. The summed E-state index contributed by atoms with van der Waals surface area (Å²) in [7, 11) is 1.01. The Morgan fingerprint density at radius 3 is 2.54 bits per heavy atom. The van der Waals surface area contributed by atoms with E-state index in [0.717, 1.165) is 7.11 Å². The first-order valence-electron chi connectivity index (χ1n) is 11.5. The summed E-state index contributed by atoms with van der Waals surface area (Å²) in [4.78, 5) is 32.1. The van der Waals surface area contributed by atoms with Gasteiger partial charge in [-0.25, -0.2) is 31.6 Å². The van der Waals surface area contributed by atoms with Crippen molar-refractivity contribution in [1.82, 2.24) is 25.6 Å². The smallest absolute Gasteiger partial charge is 0.313 e. The first-order chi connectivity index (χ1) is 17.5. The van der Waals surface area contributed by atoms with Gasteiger partial charge in [0.25, 0.3) is 5.91 Å². The summed E-state index contributed by atoms with van der Waals surface area (Å²) in [5.74, 6) is -7.52. The summed E-state index contributed by atoms with van der Waals surface area (Å²) in [5.41, 5.74) is -0.310. The summed E-state index contributed by atoms with van der Waals surface area (Å²) in [6.07, 6.45) is -4.54. The number of carbonyl (C=O) groups is 2. The Bertz CT molecular complexity index is 1280. The van der Waals surface area contributed by atoms with Crippen molar-refractivity contribution in [3.05, 3.63) is 40.7 Å². The predicted octanol–water partition coefficient (Wildman–Crippen LogP) is 4.60. The molecule has 3 aromatic rings. The number of H-pyrrole nitrogens is 1. The second-order valence-electron chi connectivity index (χ2n) is 9.03. The van der Waals surface area contributed by atoms with Crippen molar-refractivity contribution in [2.45, 2.75) is 63.3 Å². The molecule has 0 bridgehead atoms. The highest BCUT2D eigenvalue weighted by Crippen LogP contribution is 2.41. The number of nitrogens with one attached hydrogen (secondary N) is 2. The van der Waals surface area contributed by atoms with Gasteiger partial charge >= 0.3 is 5.97 Å². The van der Waals surface area contributed by atoms with Gasteiger partial charge in [-0.15, -0.1) is 0 Å². The van der Waals surface area contributed by atoms with E-state index in [-0.39, 0.29) is 46.7 Å². The predicted molar refractivity (Wildman–Crippen MR) is 118 cm³/mol. The number of aryl methyl sites for hydroxylation is 1. The third-order valence-corrected chi connectivity index (χ3v) is 6.60. The minimum atomic E-state index is -2.90. The number of aromatic nitrogens is 4. The fraction of sp³-hybridized carbons (Fsp3) is 0.522. The molecule has 4 rings (SSSR count). The number of hydrogen-bond donors (Lipinski definition) is 2. The zero-order valence-electron chi connectivity index (χ0n) is 19.9. The van der Waals surface area contributed by atoms with Crippen LogP contribution in [0.3, 0.4) is 0 Å². The number of aromatic amines is 1. The molecule has 37 heavy (non-hydrogen) atoms. The summed E-state index contributed by atoms with van der Waals surface area (Å²) >= 11 is 0. The van der Waals surface area contributed by atoms with Crippen LogP contribution in [0.4, 0.5) is 22.0 Å². The molecule has 1 aromatic carbocycles. The van der Waals surface area contributed by atoms with Gasteiger partial charge in [0, 0.05) is 24.8 Å². The summed E-state index contributed by atoms with van der Waals surface area (Å²) < 4.78 is 78.4. The topological polar surface area (TPSA) is 123 Å². The van der Waals surface area contributed by atoms with Crippen molar-refractivity contribution in [2.24, 2.45) is 5.92 Å². The van der Waals surface area contributed by atoms with E-state index in [1.54, 1.807) is 0 Å². The van der Waals surface area contributed by atoms with Gasteiger partial charge < -0.3 is 15.0 Å². The van der Waals surface area contributed by atoms with Crippen LogP contribution in [0, 0.1) is 18.7 Å². The first-order valence-corrected chi connectivity index (χ1v) is 11.5. The van der Waals surface area contributed by atoms with Crippen LogP contribution in [-0.4, -0.2) is 51.6 Å². The lowest BCUT2D eigenvalue weighted by Gasteiger charge is -2.33. The molecule has 1 aliphatic rings. The van der Waals surface area contributed by atoms with Crippen LogP contribution in [0.15, 0.2) is 16.8 Å². The molecule has 2 aromatic heterocycles. The Labute approximate surface area is 207 Å². The second kappa shape index (κ2) is 10.4. The zero-order valence-corrected chi connectivity index (χ0v) is 19.9. The van der Waals surface area contributed by atoms with E-state index in [2.05, 4.69) is 35.0 Å². The summed E-state index contributed by atoms with van der Waals surface area (Å²) in [5, 5.41) is 9.82. The highest BCUT2D eigenvalue weighted by Gasteiger charge is 2.40. The molecule has 2 unspecified atom stereocenters. The van der Waals surface area contributed by atoms with Gasteiger partial charge in [-0.2, -0.15) is 0 Å². The van der Waals surface area contributed by atoms with Crippen LogP contribution in [0.1, 0.15) is 71.6 Å². The van der Waals surface area contributed by atoms with Crippen LogP contribution < -0.4 is 5.32 Å². The molecule has 2 atom stereocenters. The average Bonchev–Trinajstić information content (AvgIpc) is 3.48. The number of amides is 1. The Kier molecular flexibility index (Phi) is 7.46. The molecule has 14 heteroatoms. The molecule has 9 nitrogen and oxygen atoms in total. The Morgan fingerprint density at radius 1 is 1.24 bits per heavy atom. The SMILES string of the molecule is COC(=O)C(CC(F)F)c1ccc2[nH]c(C(NC(=O)c3nonc3C)C3CCC(F)(F)CC3)nc2c1F. The van der Waals surface area contributed by atoms with Crippen LogP contribution in [0.25, 0.3) is 11.0 Å². The number of fused-ring (bicyclic) bond motifs is 1. The minimum absolute atomic E-state index is 0.0531. The van der Waals surface area contributed by atoms with Crippen LogP contribution in [0.5, 0.6) is 0 Å². The largest absolute Gasteiger partial charge is 0.469 e. The number of benzene rings is 1. The molecule has 1 fully saturated rings. The number of imidazole rings is 1. The third kappa shape index (κ3) is 5.57. The molecule has 1 aliphatic carbocycles. The molecule has 200 valence electrons. The molecule has 2 heterocycles. The van der Waals surface area contributed by atoms with Crippen molar-refractivity contribution >= 4 is 22.9 Å². The van der Waals surface area contributed by atoms with Crippen molar-refractivity contribution in [3.8, 4) is 0 Å². The van der Waals surface area contributed by atoms with Crippen LogP contribution in [-0.2, 0) is 9.53 Å². The van der Waals surface area contributed by atoms with Gasteiger partial charge in [-0.1, -0.05) is 11.2 Å². The number of carbonyl (C=O) groups excluding carboxylic acids is 2. The highest BCUT2D eigenvalue weighted by molar-refractivity contribution is 5.93. The van der Waals surface area contributed by atoms with E-state index in [4.69, 9.17) is 0 Å². The van der Waals surface area contributed by atoms with E-state index >= 15 is 4.39 Å². The Hall–Kier alpha value is -3.58. The first kappa shape index (κ1) is 26.5. The van der Waals surface area contributed by atoms with E-state index < -0.39 is 67.2 Å². The summed E-state index contributed by atoms with van der Waals surface area (Å²) in [6, 6.07) is 1.61. The summed E-state index contributed by atoms with van der Waals surface area (Å²) in [6.45, 7) is 1.50. The molecule has 0 aliphatic heterocycles. The average molecular weight is 529 g/mol. The van der Waals surface area contributed by atoms with Crippen LogP contribution in [0.2, 0.25) is 0 Å². The number of esters is 1.